The van der Waals surface area contributed by atoms with Gasteiger partial charge in [0.15, 0.2) is 0 Å². The Morgan fingerprint density at radius 1 is 1.00 bits per heavy atom. The minimum atomic E-state index is 0.153. The van der Waals surface area contributed by atoms with Gasteiger partial charge in [0, 0.05) is 28.3 Å². The molecule has 0 radical (unpaired) electrons. The molecule has 0 atom stereocenters. The van der Waals surface area contributed by atoms with Crippen molar-refractivity contribution >= 4 is 28.6 Å². The summed E-state index contributed by atoms with van der Waals surface area (Å²) in [5, 5.41) is 7.30. The maximum atomic E-state index is 11.9. The van der Waals surface area contributed by atoms with Crippen molar-refractivity contribution in [2.24, 2.45) is 0 Å². The maximum absolute atomic E-state index is 11.9. The number of thiophene rings is 2. The van der Waals surface area contributed by atoms with E-state index in [4.69, 9.17) is 0 Å². The third-order valence-electron chi connectivity index (χ3n) is 3.87. The van der Waals surface area contributed by atoms with Gasteiger partial charge in [-0.15, -0.1) is 11.3 Å². The Morgan fingerprint density at radius 3 is 2.67 bits per heavy atom. The van der Waals surface area contributed by atoms with Gasteiger partial charge in [-0.3, -0.25) is 4.79 Å². The fourth-order valence-electron chi connectivity index (χ4n) is 2.58. The van der Waals surface area contributed by atoms with Crippen molar-refractivity contribution in [3.63, 3.8) is 0 Å². The monoisotopic (exact) mass is 355 g/mol. The molecule has 0 aliphatic rings. The average Bonchev–Trinajstić information content (AvgIpc) is 3.27. The molecule has 0 saturated carbocycles. The summed E-state index contributed by atoms with van der Waals surface area (Å²) in [6, 6.07) is 16.8. The predicted molar refractivity (Wildman–Crippen MR) is 104 cm³/mol. The predicted octanol–water partition coefficient (Wildman–Crippen LogP) is 5.16. The minimum absolute atomic E-state index is 0.153. The molecular formula is C20H21NOS2. The number of carbonyl (C=O) groups is 1. The molecule has 2 nitrogen and oxygen atoms in total. The lowest BCUT2D eigenvalue weighted by atomic mass is 10.1. The first-order chi connectivity index (χ1) is 11.8. The third-order valence-corrected chi connectivity index (χ3v) is 5.75. The Kier molecular flexibility index (Phi) is 6.21. The second kappa shape index (κ2) is 8.81. The zero-order valence-corrected chi connectivity index (χ0v) is 15.2. The Labute approximate surface area is 151 Å². The summed E-state index contributed by atoms with van der Waals surface area (Å²) in [4.78, 5) is 14.5. The van der Waals surface area contributed by atoms with E-state index >= 15 is 0 Å². The van der Waals surface area contributed by atoms with Crippen molar-refractivity contribution in [2.45, 2.75) is 25.7 Å². The van der Waals surface area contributed by atoms with Crippen molar-refractivity contribution in [1.29, 1.82) is 0 Å². The number of carbonyl (C=O) groups excluding carboxylic acids is 1. The Morgan fingerprint density at radius 2 is 1.88 bits per heavy atom. The number of benzene rings is 1. The van der Waals surface area contributed by atoms with E-state index in [1.807, 2.05) is 29.5 Å². The summed E-state index contributed by atoms with van der Waals surface area (Å²) < 4.78 is 0. The van der Waals surface area contributed by atoms with Crippen LogP contribution in [0.1, 0.15) is 23.3 Å². The first kappa shape index (κ1) is 16.9. The van der Waals surface area contributed by atoms with Gasteiger partial charge in [-0.05, 0) is 53.8 Å². The molecule has 2 aromatic heterocycles. The molecule has 24 heavy (non-hydrogen) atoms. The zero-order chi connectivity index (χ0) is 16.6. The molecular weight excluding hydrogens is 334 g/mol. The summed E-state index contributed by atoms with van der Waals surface area (Å²) in [5.74, 6) is 0.153. The molecule has 0 fully saturated rings. The fourth-order valence-corrected chi connectivity index (χ4v) is 4.32. The van der Waals surface area contributed by atoms with Gasteiger partial charge in [-0.1, -0.05) is 30.3 Å². The molecule has 0 bridgehead atoms. The number of hydrogen-bond donors (Lipinski definition) is 1. The molecule has 0 aliphatic carbocycles. The smallest absolute Gasteiger partial charge is 0.220 e. The zero-order valence-electron chi connectivity index (χ0n) is 13.5. The van der Waals surface area contributed by atoms with Crippen molar-refractivity contribution in [3.05, 3.63) is 69.7 Å². The van der Waals surface area contributed by atoms with Crippen LogP contribution in [0, 0.1) is 0 Å². The first-order valence-corrected chi connectivity index (χ1v) is 9.99. The van der Waals surface area contributed by atoms with Crippen LogP contribution in [0.4, 0.5) is 0 Å². The van der Waals surface area contributed by atoms with E-state index in [1.165, 1.54) is 20.9 Å². The summed E-state index contributed by atoms with van der Waals surface area (Å²) in [7, 11) is 0. The number of amides is 1. The molecule has 0 saturated heterocycles. The number of rotatable bonds is 8. The van der Waals surface area contributed by atoms with Crippen LogP contribution in [0.2, 0.25) is 0 Å². The highest BCUT2D eigenvalue weighted by molar-refractivity contribution is 7.16. The Hall–Kier alpha value is -1.91. The van der Waals surface area contributed by atoms with Crippen LogP contribution in [0.5, 0.6) is 0 Å². The lowest BCUT2D eigenvalue weighted by Gasteiger charge is -2.04. The largest absolute Gasteiger partial charge is 0.356 e. The summed E-state index contributed by atoms with van der Waals surface area (Å²) >= 11 is 3.53. The molecule has 1 amide bonds. The number of nitrogens with one attached hydrogen (secondary N) is 1. The summed E-state index contributed by atoms with van der Waals surface area (Å²) in [6.07, 6.45) is 3.36. The summed E-state index contributed by atoms with van der Waals surface area (Å²) in [6.45, 7) is 0.716. The van der Waals surface area contributed by atoms with E-state index in [2.05, 4.69) is 46.4 Å². The van der Waals surface area contributed by atoms with Crippen LogP contribution < -0.4 is 5.32 Å². The molecule has 3 aromatic rings. The molecule has 3 rings (SSSR count). The molecule has 124 valence electrons. The standard InChI is InChI=1S/C20H21NOS2/c22-20(8-4-7-16-5-2-1-3-6-16)21-13-11-18-9-10-19(24-18)17-12-14-23-15-17/h1-3,5-6,9-10,12,14-15H,4,7-8,11,13H2,(H,21,22). The number of hydrogen-bond acceptors (Lipinski definition) is 3. The molecule has 0 spiro atoms. The van der Waals surface area contributed by atoms with E-state index in [1.54, 1.807) is 11.3 Å². The lowest BCUT2D eigenvalue weighted by Crippen LogP contribution is -2.25. The van der Waals surface area contributed by atoms with Crippen LogP contribution >= 0.6 is 22.7 Å². The molecule has 1 aromatic carbocycles. The molecule has 4 heteroatoms. The third kappa shape index (κ3) is 5.05. The summed E-state index contributed by atoms with van der Waals surface area (Å²) in [5.41, 5.74) is 2.59. The van der Waals surface area contributed by atoms with Gasteiger partial charge in [0.25, 0.3) is 0 Å². The normalized spacial score (nSPS) is 10.7. The van der Waals surface area contributed by atoms with E-state index in [-0.39, 0.29) is 5.91 Å². The van der Waals surface area contributed by atoms with Crippen LogP contribution in [-0.2, 0) is 17.6 Å². The molecule has 2 heterocycles. The Bertz CT molecular complexity index is 747. The second-order valence-electron chi connectivity index (χ2n) is 5.72. The van der Waals surface area contributed by atoms with Gasteiger partial charge < -0.3 is 5.32 Å². The van der Waals surface area contributed by atoms with Crippen molar-refractivity contribution in [2.75, 3.05) is 6.54 Å². The van der Waals surface area contributed by atoms with Crippen molar-refractivity contribution in [1.82, 2.24) is 5.32 Å². The van der Waals surface area contributed by atoms with Gasteiger partial charge in [-0.25, -0.2) is 0 Å². The fraction of sp³-hybridized carbons (Fsp3) is 0.250. The highest BCUT2D eigenvalue weighted by Crippen LogP contribution is 2.29. The van der Waals surface area contributed by atoms with Crippen molar-refractivity contribution in [3.8, 4) is 10.4 Å². The number of aryl methyl sites for hydroxylation is 1. The van der Waals surface area contributed by atoms with Gasteiger partial charge in [0.05, 0.1) is 0 Å². The second-order valence-corrected chi connectivity index (χ2v) is 7.67. The molecule has 1 N–H and O–H groups in total. The minimum Gasteiger partial charge on any atom is -0.356 e. The topological polar surface area (TPSA) is 29.1 Å². The highest BCUT2D eigenvalue weighted by Gasteiger charge is 2.05. The first-order valence-electron chi connectivity index (χ1n) is 8.23. The van der Waals surface area contributed by atoms with E-state index < -0.39 is 0 Å². The quantitative estimate of drug-likeness (QED) is 0.594. The van der Waals surface area contributed by atoms with Gasteiger partial charge >= 0.3 is 0 Å². The average molecular weight is 356 g/mol. The van der Waals surface area contributed by atoms with Gasteiger partial charge in [-0.2, -0.15) is 11.3 Å². The maximum Gasteiger partial charge on any atom is 0.220 e. The molecule has 0 unspecified atom stereocenters. The molecule has 0 aliphatic heterocycles. The lowest BCUT2D eigenvalue weighted by molar-refractivity contribution is -0.121. The van der Waals surface area contributed by atoms with E-state index in [9.17, 15) is 4.79 Å². The van der Waals surface area contributed by atoms with Crippen LogP contribution in [0.15, 0.2) is 59.3 Å². The SMILES string of the molecule is O=C(CCCc1ccccc1)NCCc1ccc(-c2ccsc2)s1. The van der Waals surface area contributed by atoms with Crippen LogP contribution in [0.25, 0.3) is 10.4 Å². The van der Waals surface area contributed by atoms with Gasteiger partial charge in [0.1, 0.15) is 0 Å². The van der Waals surface area contributed by atoms with Crippen LogP contribution in [-0.4, -0.2) is 12.5 Å². The van der Waals surface area contributed by atoms with Gasteiger partial charge in [0.2, 0.25) is 5.91 Å². The van der Waals surface area contributed by atoms with E-state index in [0.717, 1.165) is 19.3 Å². The van der Waals surface area contributed by atoms with Crippen molar-refractivity contribution < 1.29 is 4.79 Å². The Balaban J connectivity index is 1.35. The van der Waals surface area contributed by atoms with E-state index in [0.29, 0.717) is 13.0 Å². The van der Waals surface area contributed by atoms with Crippen LogP contribution in [0.3, 0.4) is 0 Å². The highest BCUT2D eigenvalue weighted by atomic mass is 32.1.